The van der Waals surface area contributed by atoms with Crippen molar-refractivity contribution in [3.63, 3.8) is 0 Å². The van der Waals surface area contributed by atoms with Gasteiger partial charge in [0.25, 0.3) is 0 Å². The van der Waals surface area contributed by atoms with Crippen LogP contribution in [0, 0.1) is 11.3 Å². The Hall–Kier alpha value is -2.28. The Morgan fingerprint density at radius 2 is 2.24 bits per heavy atom. The van der Waals surface area contributed by atoms with E-state index in [1.807, 2.05) is 16.8 Å². The summed E-state index contributed by atoms with van der Waals surface area (Å²) in [5, 5.41) is 22.6. The zero-order chi connectivity index (χ0) is 12.3. The minimum absolute atomic E-state index is 0.0119. The van der Waals surface area contributed by atoms with Gasteiger partial charge in [0.2, 0.25) is 0 Å². The molecule has 0 bridgehead atoms. The quantitative estimate of drug-likeness (QED) is 0.876. The van der Waals surface area contributed by atoms with Crippen LogP contribution in [0.1, 0.15) is 18.9 Å². The van der Waals surface area contributed by atoms with Crippen molar-refractivity contribution in [2.24, 2.45) is 0 Å². The second-order valence-electron chi connectivity index (χ2n) is 3.78. The topological polar surface area (TPSA) is 61.8 Å². The van der Waals surface area contributed by atoms with Crippen molar-refractivity contribution in [2.45, 2.75) is 19.9 Å². The summed E-state index contributed by atoms with van der Waals surface area (Å²) < 4.78 is 1.90. The summed E-state index contributed by atoms with van der Waals surface area (Å²) >= 11 is 0. The van der Waals surface area contributed by atoms with Crippen LogP contribution in [0.15, 0.2) is 30.5 Å². The fourth-order valence-corrected chi connectivity index (χ4v) is 1.75. The van der Waals surface area contributed by atoms with Gasteiger partial charge in [-0.25, -0.2) is 0 Å². The van der Waals surface area contributed by atoms with Crippen LogP contribution in [-0.2, 0) is 6.54 Å². The number of aryl methyl sites for hydroxylation is 1. The van der Waals surface area contributed by atoms with E-state index in [4.69, 9.17) is 5.26 Å². The lowest BCUT2D eigenvalue weighted by atomic mass is 10.1. The highest BCUT2D eigenvalue weighted by Crippen LogP contribution is 2.25. The first-order chi connectivity index (χ1) is 8.26. The van der Waals surface area contributed by atoms with Crippen LogP contribution >= 0.6 is 0 Å². The largest absolute Gasteiger partial charge is 0.507 e. The number of phenolic OH excluding ortho intramolecular Hbond substituents is 1. The number of nitrogens with zero attached hydrogens (tertiary/aromatic N) is 3. The Kier molecular flexibility index (Phi) is 3.10. The molecule has 0 unspecified atom stereocenters. The Bertz CT molecular complexity index is 566. The number of hydrogen-bond donors (Lipinski definition) is 1. The molecule has 0 aliphatic carbocycles. The second-order valence-corrected chi connectivity index (χ2v) is 3.78. The van der Waals surface area contributed by atoms with Crippen LogP contribution in [0.5, 0.6) is 5.75 Å². The summed E-state index contributed by atoms with van der Waals surface area (Å²) in [5.41, 5.74) is 2.14. The van der Waals surface area contributed by atoms with Gasteiger partial charge >= 0.3 is 0 Å². The molecule has 0 radical (unpaired) electrons. The molecule has 2 rings (SSSR count). The summed E-state index contributed by atoms with van der Waals surface area (Å²) in [4.78, 5) is 0. The van der Waals surface area contributed by atoms with Crippen molar-refractivity contribution < 1.29 is 5.11 Å². The molecule has 0 amide bonds. The lowest BCUT2D eigenvalue weighted by Gasteiger charge is -2.07. The maximum Gasteiger partial charge on any atom is 0.133 e. The normalized spacial score (nSPS) is 10.1. The minimum Gasteiger partial charge on any atom is -0.507 e. The third-order valence-corrected chi connectivity index (χ3v) is 2.56. The van der Waals surface area contributed by atoms with Crippen LogP contribution in [-0.4, -0.2) is 14.9 Å². The highest BCUT2D eigenvalue weighted by Gasteiger charge is 2.07. The second kappa shape index (κ2) is 4.71. The summed E-state index contributed by atoms with van der Waals surface area (Å²) in [6.45, 7) is 2.92. The number of hydrogen-bond acceptors (Lipinski definition) is 3. The Balaban J connectivity index is 2.46. The third-order valence-electron chi connectivity index (χ3n) is 2.56. The van der Waals surface area contributed by atoms with Gasteiger partial charge < -0.3 is 5.11 Å². The fourth-order valence-electron chi connectivity index (χ4n) is 1.75. The number of nitriles is 1. The van der Waals surface area contributed by atoms with Gasteiger partial charge in [-0.1, -0.05) is 6.92 Å². The highest BCUT2D eigenvalue weighted by molar-refractivity contribution is 5.64. The van der Waals surface area contributed by atoms with Crippen molar-refractivity contribution in [2.75, 3.05) is 0 Å². The molecular weight excluding hydrogens is 214 g/mol. The Morgan fingerprint density at radius 3 is 2.94 bits per heavy atom. The zero-order valence-corrected chi connectivity index (χ0v) is 9.59. The van der Waals surface area contributed by atoms with Crippen LogP contribution in [0.4, 0.5) is 0 Å². The molecule has 0 spiro atoms. The maximum atomic E-state index is 9.46. The molecule has 1 aromatic carbocycles. The Morgan fingerprint density at radius 1 is 1.41 bits per heavy atom. The summed E-state index contributed by atoms with van der Waals surface area (Å²) in [5.74, 6) is 0.0119. The Labute approximate surface area is 99.7 Å². The van der Waals surface area contributed by atoms with E-state index in [-0.39, 0.29) is 11.3 Å². The smallest absolute Gasteiger partial charge is 0.133 e. The van der Waals surface area contributed by atoms with Gasteiger partial charge in [0.1, 0.15) is 11.8 Å². The van der Waals surface area contributed by atoms with Crippen molar-refractivity contribution in [3.05, 3.63) is 36.0 Å². The van der Waals surface area contributed by atoms with Crippen LogP contribution in [0.2, 0.25) is 0 Å². The van der Waals surface area contributed by atoms with Gasteiger partial charge in [0.15, 0.2) is 0 Å². The first kappa shape index (κ1) is 11.2. The average Bonchev–Trinajstić information content (AvgIpc) is 2.78. The van der Waals surface area contributed by atoms with E-state index in [0.29, 0.717) is 0 Å². The van der Waals surface area contributed by atoms with Crippen molar-refractivity contribution in [3.8, 4) is 23.1 Å². The zero-order valence-electron chi connectivity index (χ0n) is 9.59. The molecule has 0 saturated carbocycles. The standard InChI is InChI=1S/C13H13N3O/c1-2-7-16-12(5-6-15-16)10-3-4-13(17)11(8-10)9-14/h3-6,8,17H,2,7H2,1H3. The molecule has 4 heteroatoms. The van der Waals surface area contributed by atoms with E-state index in [0.717, 1.165) is 24.2 Å². The van der Waals surface area contributed by atoms with E-state index in [9.17, 15) is 5.11 Å². The summed E-state index contributed by atoms with van der Waals surface area (Å²) in [7, 11) is 0. The molecule has 0 atom stereocenters. The van der Waals surface area contributed by atoms with Gasteiger partial charge in [0, 0.05) is 18.3 Å². The molecular formula is C13H13N3O. The number of phenols is 1. The van der Waals surface area contributed by atoms with Crippen molar-refractivity contribution in [1.82, 2.24) is 9.78 Å². The lowest BCUT2D eigenvalue weighted by molar-refractivity contribution is 0.473. The van der Waals surface area contributed by atoms with Crippen LogP contribution in [0.3, 0.4) is 0 Å². The predicted molar refractivity (Wildman–Crippen MR) is 64.3 cm³/mol. The third kappa shape index (κ3) is 2.13. The molecule has 17 heavy (non-hydrogen) atoms. The van der Waals surface area contributed by atoms with Gasteiger partial charge in [-0.2, -0.15) is 10.4 Å². The molecule has 1 N–H and O–H groups in total. The molecule has 1 heterocycles. The summed E-state index contributed by atoms with van der Waals surface area (Å²) in [6, 6.07) is 8.88. The fraction of sp³-hybridized carbons (Fsp3) is 0.231. The average molecular weight is 227 g/mol. The van der Waals surface area contributed by atoms with E-state index in [1.54, 1.807) is 18.3 Å². The summed E-state index contributed by atoms with van der Waals surface area (Å²) in [6.07, 6.45) is 2.74. The lowest BCUT2D eigenvalue weighted by Crippen LogP contribution is -2.01. The maximum absolute atomic E-state index is 9.46. The monoisotopic (exact) mass is 227 g/mol. The predicted octanol–water partition coefficient (Wildman–Crippen LogP) is 2.54. The molecule has 0 saturated heterocycles. The van der Waals surface area contributed by atoms with E-state index < -0.39 is 0 Å². The molecule has 4 nitrogen and oxygen atoms in total. The van der Waals surface area contributed by atoms with Crippen LogP contribution in [0.25, 0.3) is 11.3 Å². The molecule has 86 valence electrons. The minimum atomic E-state index is 0.0119. The van der Waals surface area contributed by atoms with E-state index >= 15 is 0 Å². The van der Waals surface area contributed by atoms with Gasteiger partial charge in [-0.3, -0.25) is 4.68 Å². The number of aromatic hydroxyl groups is 1. The molecule has 1 aromatic heterocycles. The first-order valence-electron chi connectivity index (χ1n) is 5.51. The number of aromatic nitrogens is 2. The molecule has 0 fully saturated rings. The highest BCUT2D eigenvalue weighted by atomic mass is 16.3. The van der Waals surface area contributed by atoms with E-state index in [2.05, 4.69) is 12.0 Å². The van der Waals surface area contributed by atoms with Gasteiger partial charge in [-0.05, 0) is 30.7 Å². The molecule has 0 aliphatic rings. The number of benzene rings is 1. The molecule has 0 aliphatic heterocycles. The van der Waals surface area contributed by atoms with Crippen molar-refractivity contribution in [1.29, 1.82) is 5.26 Å². The van der Waals surface area contributed by atoms with Crippen molar-refractivity contribution >= 4 is 0 Å². The number of rotatable bonds is 3. The van der Waals surface area contributed by atoms with Gasteiger partial charge in [-0.15, -0.1) is 0 Å². The SMILES string of the molecule is CCCn1nccc1-c1ccc(O)c(C#N)c1. The molecule has 2 aromatic rings. The van der Waals surface area contributed by atoms with Crippen LogP contribution < -0.4 is 0 Å². The van der Waals surface area contributed by atoms with E-state index in [1.165, 1.54) is 6.07 Å². The van der Waals surface area contributed by atoms with Gasteiger partial charge in [0.05, 0.1) is 11.3 Å². The first-order valence-corrected chi connectivity index (χ1v) is 5.51.